The van der Waals surface area contributed by atoms with Gasteiger partial charge in [-0.25, -0.2) is 0 Å². The van der Waals surface area contributed by atoms with Crippen LogP contribution in [-0.4, -0.2) is 11.8 Å². The molecule has 0 bridgehead atoms. The molecule has 0 aromatic carbocycles. The van der Waals surface area contributed by atoms with Crippen molar-refractivity contribution in [1.29, 1.82) is 0 Å². The lowest BCUT2D eigenvalue weighted by Gasteiger charge is -1.92. The molecule has 0 aromatic rings. The highest BCUT2D eigenvalue weighted by atomic mass is 35.5. The molecule has 0 amide bonds. The Morgan fingerprint density at radius 3 is 2.88 bits per heavy atom. The van der Waals surface area contributed by atoms with E-state index in [2.05, 4.69) is 11.3 Å². The minimum Gasteiger partial charge on any atom is -0.453 e. The number of ether oxygens (including phenoxy) is 1. The van der Waals surface area contributed by atoms with Crippen LogP contribution in [0.25, 0.3) is 0 Å². The molecule has 0 aliphatic carbocycles. The molecule has 3 heteroatoms. The Balaban J connectivity index is 3.11. The average molecular weight is 134 g/mol. The highest BCUT2D eigenvalue weighted by Crippen LogP contribution is 1.85. The van der Waals surface area contributed by atoms with E-state index in [1.54, 1.807) is 0 Å². The van der Waals surface area contributed by atoms with Crippen molar-refractivity contribution in [2.75, 3.05) is 5.88 Å². The number of hydrogen-bond acceptors (Lipinski definition) is 2. The maximum Gasteiger partial charge on any atom is 0.321 e. The minimum absolute atomic E-state index is 0.121. The monoisotopic (exact) mass is 133 g/mol. The van der Waals surface area contributed by atoms with Gasteiger partial charge < -0.3 is 4.74 Å². The molecule has 1 radical (unpaired) electrons. The van der Waals surface area contributed by atoms with Crippen molar-refractivity contribution in [2.45, 2.75) is 0 Å². The Bertz CT molecular complexity index is 90.4. The van der Waals surface area contributed by atoms with Crippen LogP contribution in [0.4, 0.5) is 0 Å². The van der Waals surface area contributed by atoms with Crippen LogP contribution in [0.3, 0.4) is 0 Å². The molecule has 45 valence electrons. The summed E-state index contributed by atoms with van der Waals surface area (Å²) in [6.45, 7) is 4.48. The standard InChI is InChI=1S/C5H6ClO2/c1-2-3-8-5(7)4-6/h2-3H,1,4H2. The van der Waals surface area contributed by atoms with Crippen molar-refractivity contribution in [3.8, 4) is 0 Å². The summed E-state index contributed by atoms with van der Waals surface area (Å²) in [5, 5.41) is 0. The van der Waals surface area contributed by atoms with Crippen LogP contribution in [0, 0.1) is 6.61 Å². The first-order chi connectivity index (χ1) is 3.81. The van der Waals surface area contributed by atoms with Gasteiger partial charge in [-0.2, -0.15) is 0 Å². The summed E-state index contributed by atoms with van der Waals surface area (Å²) in [6, 6.07) is 0. The molecule has 0 heterocycles. The lowest BCUT2D eigenvalue weighted by atomic mass is 10.7. The van der Waals surface area contributed by atoms with E-state index in [4.69, 9.17) is 11.6 Å². The van der Waals surface area contributed by atoms with Crippen LogP contribution in [0.1, 0.15) is 0 Å². The molecule has 0 unspecified atom stereocenters. The number of hydrogen-bond donors (Lipinski definition) is 0. The second-order valence-corrected chi connectivity index (χ2v) is 1.26. The van der Waals surface area contributed by atoms with E-state index >= 15 is 0 Å². The van der Waals surface area contributed by atoms with Crippen LogP contribution in [0.15, 0.2) is 12.7 Å². The lowest BCUT2D eigenvalue weighted by Crippen LogP contribution is -2.01. The van der Waals surface area contributed by atoms with Crippen molar-refractivity contribution in [3.63, 3.8) is 0 Å². The smallest absolute Gasteiger partial charge is 0.321 e. The predicted octanol–water partition coefficient (Wildman–Crippen LogP) is 1.12. The van der Waals surface area contributed by atoms with Crippen molar-refractivity contribution in [1.82, 2.24) is 0 Å². The first-order valence-corrected chi connectivity index (χ1v) is 2.54. The summed E-state index contributed by atoms with van der Waals surface area (Å²) < 4.78 is 4.33. The van der Waals surface area contributed by atoms with Crippen LogP contribution in [-0.2, 0) is 9.53 Å². The van der Waals surface area contributed by atoms with Crippen LogP contribution in [0.2, 0.25) is 0 Å². The minimum atomic E-state index is -0.466. The Labute approximate surface area is 53.1 Å². The molecule has 0 aromatic heterocycles. The van der Waals surface area contributed by atoms with E-state index in [0.29, 0.717) is 0 Å². The number of carbonyl (C=O) groups excluding carboxylic acids is 1. The summed E-state index contributed by atoms with van der Waals surface area (Å²) in [5.41, 5.74) is 0. The molecule has 0 saturated heterocycles. The molecular formula is C5H6ClO2. The molecule has 8 heavy (non-hydrogen) atoms. The van der Waals surface area contributed by atoms with Gasteiger partial charge >= 0.3 is 5.97 Å². The van der Waals surface area contributed by atoms with Crippen molar-refractivity contribution < 1.29 is 9.53 Å². The van der Waals surface area contributed by atoms with Gasteiger partial charge in [0.15, 0.2) is 6.61 Å². The highest BCUT2D eigenvalue weighted by Gasteiger charge is 1.94. The van der Waals surface area contributed by atoms with E-state index in [9.17, 15) is 4.79 Å². The van der Waals surface area contributed by atoms with Crippen molar-refractivity contribution in [2.24, 2.45) is 0 Å². The van der Waals surface area contributed by atoms with Gasteiger partial charge in [-0.15, -0.1) is 11.6 Å². The van der Waals surface area contributed by atoms with Gasteiger partial charge in [0, 0.05) is 0 Å². The largest absolute Gasteiger partial charge is 0.453 e. The van der Waals surface area contributed by atoms with Crippen LogP contribution >= 0.6 is 11.6 Å². The summed E-state index contributed by atoms with van der Waals surface area (Å²) >= 11 is 5.06. The fourth-order valence-corrected chi connectivity index (χ4v) is 0.218. The SMILES string of the molecule is C=C[CH]OC(=O)CCl. The molecular weight excluding hydrogens is 128 g/mol. The fraction of sp³-hybridized carbons (Fsp3) is 0.200. The van der Waals surface area contributed by atoms with Crippen LogP contribution in [0.5, 0.6) is 0 Å². The summed E-state index contributed by atoms with van der Waals surface area (Å²) in [4.78, 5) is 10.1. The maximum absolute atomic E-state index is 10.1. The maximum atomic E-state index is 10.1. The first-order valence-electron chi connectivity index (χ1n) is 2.01. The molecule has 0 N–H and O–H groups in total. The Hall–Kier alpha value is -0.500. The zero-order chi connectivity index (χ0) is 6.41. The molecule has 0 atom stereocenters. The average Bonchev–Trinajstić information content (AvgIpc) is 1.83. The number of alkyl halides is 1. The quantitative estimate of drug-likeness (QED) is 0.426. The Kier molecular flexibility index (Phi) is 4.36. The van der Waals surface area contributed by atoms with Gasteiger partial charge in [0.25, 0.3) is 0 Å². The molecule has 0 rings (SSSR count). The predicted molar refractivity (Wildman–Crippen MR) is 31.3 cm³/mol. The van der Waals surface area contributed by atoms with E-state index in [1.807, 2.05) is 0 Å². The second-order valence-electron chi connectivity index (χ2n) is 0.995. The highest BCUT2D eigenvalue weighted by molar-refractivity contribution is 6.26. The molecule has 0 spiro atoms. The fourth-order valence-electron chi connectivity index (χ4n) is 0.155. The molecule has 0 saturated carbocycles. The van der Waals surface area contributed by atoms with E-state index < -0.39 is 5.97 Å². The third-order valence-electron chi connectivity index (χ3n) is 0.405. The van der Waals surface area contributed by atoms with Gasteiger partial charge in [-0.05, 0) is 6.08 Å². The van der Waals surface area contributed by atoms with E-state index in [-0.39, 0.29) is 5.88 Å². The third-order valence-corrected chi connectivity index (χ3v) is 0.623. The number of rotatable bonds is 3. The lowest BCUT2D eigenvalue weighted by molar-refractivity contribution is -0.136. The van der Waals surface area contributed by atoms with Crippen LogP contribution < -0.4 is 0 Å². The third kappa shape index (κ3) is 3.68. The normalized spacial score (nSPS) is 8.12. The van der Waals surface area contributed by atoms with Gasteiger partial charge in [0.2, 0.25) is 0 Å². The van der Waals surface area contributed by atoms with E-state index in [1.165, 1.54) is 12.7 Å². The molecule has 2 nitrogen and oxygen atoms in total. The van der Waals surface area contributed by atoms with Gasteiger partial charge in [0.05, 0.1) is 0 Å². The van der Waals surface area contributed by atoms with E-state index in [0.717, 1.165) is 0 Å². The summed E-state index contributed by atoms with van der Waals surface area (Å²) in [6.07, 6.45) is 1.37. The number of esters is 1. The summed E-state index contributed by atoms with van der Waals surface area (Å²) in [5.74, 6) is -0.587. The van der Waals surface area contributed by atoms with Gasteiger partial charge in [-0.3, -0.25) is 4.79 Å². The van der Waals surface area contributed by atoms with Crippen molar-refractivity contribution in [3.05, 3.63) is 19.3 Å². The number of halogens is 1. The van der Waals surface area contributed by atoms with Gasteiger partial charge in [0.1, 0.15) is 5.88 Å². The zero-order valence-corrected chi connectivity index (χ0v) is 5.02. The first kappa shape index (κ1) is 7.50. The second kappa shape index (κ2) is 4.65. The number of carbonyl (C=O) groups is 1. The molecule has 0 aliphatic rings. The zero-order valence-electron chi connectivity index (χ0n) is 4.26. The molecule has 0 aliphatic heterocycles. The Morgan fingerprint density at radius 2 is 2.50 bits per heavy atom. The Morgan fingerprint density at radius 1 is 1.88 bits per heavy atom. The van der Waals surface area contributed by atoms with Crippen molar-refractivity contribution >= 4 is 17.6 Å². The topological polar surface area (TPSA) is 26.3 Å². The van der Waals surface area contributed by atoms with Gasteiger partial charge in [-0.1, -0.05) is 6.58 Å². The summed E-state index contributed by atoms with van der Waals surface area (Å²) in [7, 11) is 0. The molecule has 0 fully saturated rings.